The van der Waals surface area contributed by atoms with Crippen molar-refractivity contribution in [2.45, 2.75) is 6.10 Å². The summed E-state index contributed by atoms with van der Waals surface area (Å²) < 4.78 is 12.9. The second-order valence-electron chi connectivity index (χ2n) is 2.60. The lowest BCUT2D eigenvalue weighted by Gasteiger charge is -2.08. The van der Waals surface area contributed by atoms with Gasteiger partial charge in [0.2, 0.25) is 0 Å². The van der Waals surface area contributed by atoms with Gasteiger partial charge in [0.25, 0.3) is 0 Å². The fourth-order valence-electron chi connectivity index (χ4n) is 0.910. The van der Waals surface area contributed by atoms with Gasteiger partial charge < -0.3 is 20.4 Å². The second kappa shape index (κ2) is 3.51. The van der Waals surface area contributed by atoms with E-state index in [1.165, 1.54) is 0 Å². The summed E-state index contributed by atoms with van der Waals surface area (Å²) in [6, 6.07) is 1.18. The van der Waals surface area contributed by atoms with Crippen LogP contribution in [0.15, 0.2) is 12.1 Å². The third-order valence-corrected chi connectivity index (χ3v) is 1.62. The van der Waals surface area contributed by atoms with Crippen molar-refractivity contribution in [1.82, 2.24) is 0 Å². The Bertz CT molecular complexity index is 376. The quantitative estimate of drug-likeness (QED) is 0.519. The SMILES string of the molecule is O=C(O)[C@@H](O)c1cc(O)c(O)cc1F. The molecule has 6 heteroatoms. The summed E-state index contributed by atoms with van der Waals surface area (Å²) in [5.41, 5.74) is -0.604. The number of aliphatic hydroxyl groups excluding tert-OH is 1. The maximum Gasteiger partial charge on any atom is 0.337 e. The number of rotatable bonds is 2. The highest BCUT2D eigenvalue weighted by atomic mass is 19.1. The van der Waals surface area contributed by atoms with E-state index < -0.39 is 35.0 Å². The molecular formula is C8H7FO5. The van der Waals surface area contributed by atoms with Gasteiger partial charge in [-0.1, -0.05) is 0 Å². The Hall–Kier alpha value is -1.82. The van der Waals surface area contributed by atoms with Gasteiger partial charge in [-0.25, -0.2) is 9.18 Å². The molecule has 1 rings (SSSR count). The Morgan fingerprint density at radius 2 is 1.79 bits per heavy atom. The first kappa shape index (κ1) is 10.3. The lowest BCUT2D eigenvalue weighted by molar-refractivity contribution is -0.147. The molecule has 1 atom stereocenters. The summed E-state index contributed by atoms with van der Waals surface area (Å²) in [4.78, 5) is 10.3. The van der Waals surface area contributed by atoms with E-state index in [0.29, 0.717) is 12.1 Å². The first-order valence-corrected chi connectivity index (χ1v) is 3.55. The van der Waals surface area contributed by atoms with Crippen molar-refractivity contribution in [2.24, 2.45) is 0 Å². The lowest BCUT2D eigenvalue weighted by atomic mass is 10.1. The van der Waals surface area contributed by atoms with Gasteiger partial charge in [-0.3, -0.25) is 0 Å². The number of aromatic hydroxyl groups is 2. The Balaban J connectivity index is 3.22. The molecule has 0 amide bonds. The first-order chi connectivity index (χ1) is 6.43. The molecule has 0 aliphatic rings. The van der Waals surface area contributed by atoms with Gasteiger partial charge in [-0.05, 0) is 6.07 Å². The number of aliphatic carboxylic acids is 1. The molecule has 14 heavy (non-hydrogen) atoms. The van der Waals surface area contributed by atoms with Crippen molar-refractivity contribution in [3.8, 4) is 11.5 Å². The number of benzene rings is 1. The van der Waals surface area contributed by atoms with Crippen LogP contribution < -0.4 is 0 Å². The minimum Gasteiger partial charge on any atom is -0.504 e. The monoisotopic (exact) mass is 202 g/mol. The van der Waals surface area contributed by atoms with Gasteiger partial charge in [0.1, 0.15) is 5.82 Å². The van der Waals surface area contributed by atoms with Crippen molar-refractivity contribution in [1.29, 1.82) is 0 Å². The molecule has 0 heterocycles. The van der Waals surface area contributed by atoms with E-state index in [0.717, 1.165) is 0 Å². The van der Waals surface area contributed by atoms with E-state index in [-0.39, 0.29) is 0 Å². The number of hydrogen-bond donors (Lipinski definition) is 4. The molecular weight excluding hydrogens is 195 g/mol. The van der Waals surface area contributed by atoms with Gasteiger partial charge >= 0.3 is 5.97 Å². The number of carboxylic acid groups (broad SMARTS) is 1. The zero-order valence-electron chi connectivity index (χ0n) is 6.81. The highest BCUT2D eigenvalue weighted by molar-refractivity contribution is 5.74. The van der Waals surface area contributed by atoms with Crippen LogP contribution in [0.4, 0.5) is 4.39 Å². The van der Waals surface area contributed by atoms with E-state index in [1.54, 1.807) is 0 Å². The molecule has 0 bridgehead atoms. The maximum atomic E-state index is 12.9. The normalized spacial score (nSPS) is 12.4. The molecule has 0 saturated heterocycles. The maximum absolute atomic E-state index is 12.9. The van der Waals surface area contributed by atoms with Crippen molar-refractivity contribution in [3.05, 3.63) is 23.5 Å². The van der Waals surface area contributed by atoms with Crippen molar-refractivity contribution >= 4 is 5.97 Å². The smallest absolute Gasteiger partial charge is 0.337 e. The molecule has 0 saturated carbocycles. The third-order valence-electron chi connectivity index (χ3n) is 1.62. The largest absolute Gasteiger partial charge is 0.504 e. The third kappa shape index (κ3) is 1.74. The number of halogens is 1. The average molecular weight is 202 g/mol. The van der Waals surface area contributed by atoms with Crippen LogP contribution in [0, 0.1) is 5.82 Å². The van der Waals surface area contributed by atoms with Gasteiger partial charge in [0.15, 0.2) is 17.6 Å². The average Bonchev–Trinajstić information content (AvgIpc) is 2.10. The van der Waals surface area contributed by atoms with Crippen LogP contribution in [0.3, 0.4) is 0 Å². The second-order valence-corrected chi connectivity index (χ2v) is 2.60. The molecule has 0 aromatic heterocycles. The van der Waals surface area contributed by atoms with Crippen LogP contribution in [0.5, 0.6) is 11.5 Å². The molecule has 1 aromatic rings. The summed E-state index contributed by atoms with van der Waals surface area (Å²) in [5.74, 6) is -4.16. The predicted octanol–water partition coefficient (Wildman–Crippen LogP) is 0.355. The van der Waals surface area contributed by atoms with Crippen LogP contribution in [0.2, 0.25) is 0 Å². The molecule has 0 unspecified atom stereocenters. The number of carbonyl (C=O) groups is 1. The van der Waals surface area contributed by atoms with Gasteiger partial charge in [0, 0.05) is 11.6 Å². The highest BCUT2D eigenvalue weighted by Crippen LogP contribution is 2.30. The van der Waals surface area contributed by atoms with Gasteiger partial charge in [-0.2, -0.15) is 0 Å². The fourth-order valence-corrected chi connectivity index (χ4v) is 0.910. The zero-order valence-corrected chi connectivity index (χ0v) is 6.81. The molecule has 0 aliphatic carbocycles. The molecule has 0 radical (unpaired) electrons. The van der Waals surface area contributed by atoms with Crippen LogP contribution in [-0.4, -0.2) is 26.4 Å². The summed E-state index contributed by atoms with van der Waals surface area (Å²) >= 11 is 0. The Kier molecular flexibility index (Phi) is 2.57. The lowest BCUT2D eigenvalue weighted by Crippen LogP contribution is -2.12. The van der Waals surface area contributed by atoms with E-state index in [2.05, 4.69) is 0 Å². The molecule has 5 nitrogen and oxygen atoms in total. The van der Waals surface area contributed by atoms with Crippen LogP contribution >= 0.6 is 0 Å². The predicted molar refractivity (Wildman–Crippen MR) is 42.3 cm³/mol. The van der Waals surface area contributed by atoms with Crippen molar-refractivity contribution in [3.63, 3.8) is 0 Å². The standard InChI is InChI=1S/C8H7FO5/c9-4-2-6(11)5(10)1-3(4)7(12)8(13)14/h1-2,7,10-12H,(H,13,14)/t7-/m0/s1. The van der Waals surface area contributed by atoms with Gasteiger partial charge in [0.05, 0.1) is 0 Å². The minimum absolute atomic E-state index is 0.525. The molecule has 1 aromatic carbocycles. The Labute approximate surface area is 77.7 Å². The summed E-state index contributed by atoms with van der Waals surface area (Å²) in [6.45, 7) is 0. The summed E-state index contributed by atoms with van der Waals surface area (Å²) in [6.07, 6.45) is -2.07. The first-order valence-electron chi connectivity index (χ1n) is 3.55. The number of aliphatic hydroxyl groups is 1. The Morgan fingerprint density at radius 1 is 1.29 bits per heavy atom. The van der Waals surface area contributed by atoms with E-state index in [4.69, 9.17) is 20.4 Å². The van der Waals surface area contributed by atoms with Crippen molar-refractivity contribution < 1.29 is 29.6 Å². The molecule has 0 aliphatic heterocycles. The number of phenolic OH excluding ortho intramolecular Hbond substituents is 2. The number of hydrogen-bond acceptors (Lipinski definition) is 4. The topological polar surface area (TPSA) is 98.0 Å². The van der Waals surface area contributed by atoms with E-state index in [9.17, 15) is 9.18 Å². The van der Waals surface area contributed by atoms with Crippen LogP contribution in [-0.2, 0) is 4.79 Å². The van der Waals surface area contributed by atoms with E-state index >= 15 is 0 Å². The zero-order chi connectivity index (χ0) is 10.9. The number of carboxylic acids is 1. The molecule has 0 spiro atoms. The van der Waals surface area contributed by atoms with E-state index in [1.807, 2.05) is 0 Å². The minimum atomic E-state index is -2.07. The molecule has 76 valence electrons. The van der Waals surface area contributed by atoms with Crippen molar-refractivity contribution in [2.75, 3.05) is 0 Å². The van der Waals surface area contributed by atoms with Crippen LogP contribution in [0.25, 0.3) is 0 Å². The Morgan fingerprint density at radius 3 is 2.29 bits per heavy atom. The summed E-state index contributed by atoms with van der Waals surface area (Å²) in [5, 5.41) is 35.1. The highest BCUT2D eigenvalue weighted by Gasteiger charge is 2.21. The number of phenols is 2. The van der Waals surface area contributed by atoms with Gasteiger partial charge in [-0.15, -0.1) is 0 Å². The molecule has 0 fully saturated rings. The summed E-state index contributed by atoms with van der Waals surface area (Å²) in [7, 11) is 0. The van der Waals surface area contributed by atoms with Crippen LogP contribution in [0.1, 0.15) is 11.7 Å². The molecule has 4 N–H and O–H groups in total. The fraction of sp³-hybridized carbons (Fsp3) is 0.125.